The van der Waals surface area contributed by atoms with Gasteiger partial charge in [-0.05, 0) is 41.5 Å². The molecular weight excluding hydrogens is 360 g/mol. The molecule has 2 aliphatic heterocycles. The van der Waals surface area contributed by atoms with E-state index in [1.165, 1.54) is 0 Å². The van der Waals surface area contributed by atoms with Gasteiger partial charge in [0.05, 0.1) is 23.1 Å². The number of aliphatic imine (C=N–C) groups is 1. The van der Waals surface area contributed by atoms with Crippen LogP contribution in [0.1, 0.15) is 23.6 Å². The van der Waals surface area contributed by atoms with Crippen molar-refractivity contribution in [3.05, 3.63) is 82.9 Å². The van der Waals surface area contributed by atoms with Crippen molar-refractivity contribution in [1.82, 2.24) is 0 Å². The van der Waals surface area contributed by atoms with Crippen LogP contribution in [0.2, 0.25) is 5.02 Å². The lowest BCUT2D eigenvalue weighted by Crippen LogP contribution is -2.14. The minimum absolute atomic E-state index is 0.0564. The average molecular weight is 377 g/mol. The molecule has 0 aliphatic carbocycles. The first-order chi connectivity index (χ1) is 13.3. The van der Waals surface area contributed by atoms with Gasteiger partial charge in [0.1, 0.15) is 0 Å². The van der Waals surface area contributed by atoms with Crippen LogP contribution in [0.15, 0.2) is 71.7 Å². The van der Waals surface area contributed by atoms with Crippen molar-refractivity contribution < 1.29 is 9.47 Å². The maximum Gasteiger partial charge on any atom is 0.231 e. The predicted octanol–water partition coefficient (Wildman–Crippen LogP) is 5.75. The van der Waals surface area contributed by atoms with E-state index in [0.29, 0.717) is 5.02 Å². The van der Waals surface area contributed by atoms with Gasteiger partial charge in [0.2, 0.25) is 6.79 Å². The van der Waals surface area contributed by atoms with Crippen molar-refractivity contribution in [2.45, 2.75) is 12.5 Å². The van der Waals surface area contributed by atoms with Crippen molar-refractivity contribution in [3.63, 3.8) is 0 Å². The van der Waals surface area contributed by atoms with Gasteiger partial charge in [-0.15, -0.1) is 0 Å². The van der Waals surface area contributed by atoms with E-state index >= 15 is 0 Å². The number of halogens is 1. The first kappa shape index (κ1) is 16.2. The average Bonchev–Trinajstić information content (AvgIpc) is 3.08. The minimum Gasteiger partial charge on any atom is -0.454 e. The fraction of sp³-hybridized carbons (Fsp3) is 0.136. The van der Waals surface area contributed by atoms with E-state index in [9.17, 15) is 0 Å². The molecular formula is C22H17ClN2O2. The SMILES string of the molecule is Clc1ccc2c(c1)N=C(c1ccccc1)CC(c1ccc3c(c1)OCO3)N2. The molecule has 2 aliphatic rings. The maximum atomic E-state index is 6.21. The molecule has 0 saturated heterocycles. The zero-order valence-corrected chi connectivity index (χ0v) is 15.2. The summed E-state index contributed by atoms with van der Waals surface area (Å²) in [5, 5.41) is 4.30. The topological polar surface area (TPSA) is 42.9 Å². The Labute approximate surface area is 162 Å². The Morgan fingerprint density at radius 2 is 1.78 bits per heavy atom. The van der Waals surface area contributed by atoms with Crippen molar-refractivity contribution in [3.8, 4) is 11.5 Å². The van der Waals surface area contributed by atoms with E-state index in [1.54, 1.807) is 0 Å². The summed E-state index contributed by atoms with van der Waals surface area (Å²) >= 11 is 6.21. The van der Waals surface area contributed by atoms with Crippen molar-refractivity contribution in [2.75, 3.05) is 12.1 Å². The smallest absolute Gasteiger partial charge is 0.231 e. The molecule has 0 saturated carbocycles. The predicted molar refractivity (Wildman–Crippen MR) is 108 cm³/mol. The van der Waals surface area contributed by atoms with Gasteiger partial charge in [-0.3, -0.25) is 4.99 Å². The van der Waals surface area contributed by atoms with E-state index in [0.717, 1.165) is 46.1 Å². The zero-order chi connectivity index (χ0) is 18.2. The number of rotatable bonds is 2. The highest BCUT2D eigenvalue weighted by molar-refractivity contribution is 6.31. The lowest BCUT2D eigenvalue weighted by molar-refractivity contribution is 0.174. The van der Waals surface area contributed by atoms with Gasteiger partial charge in [0.15, 0.2) is 11.5 Å². The molecule has 134 valence electrons. The van der Waals surface area contributed by atoms with Crippen molar-refractivity contribution >= 4 is 28.7 Å². The number of benzene rings is 3. The van der Waals surface area contributed by atoms with E-state index in [-0.39, 0.29) is 12.8 Å². The summed E-state index contributed by atoms with van der Waals surface area (Å²) < 4.78 is 11.0. The molecule has 5 heteroatoms. The summed E-state index contributed by atoms with van der Waals surface area (Å²) in [6, 6.07) is 22.2. The Hall–Kier alpha value is -2.98. The van der Waals surface area contributed by atoms with Gasteiger partial charge in [-0.25, -0.2) is 0 Å². The monoisotopic (exact) mass is 376 g/mol. The van der Waals surface area contributed by atoms with Crippen LogP contribution in [-0.2, 0) is 0 Å². The summed E-state index contributed by atoms with van der Waals surface area (Å²) in [5.74, 6) is 1.57. The number of hydrogen-bond acceptors (Lipinski definition) is 4. The molecule has 0 radical (unpaired) electrons. The van der Waals surface area contributed by atoms with Crippen LogP contribution >= 0.6 is 11.6 Å². The molecule has 27 heavy (non-hydrogen) atoms. The van der Waals surface area contributed by atoms with Gasteiger partial charge in [0, 0.05) is 11.4 Å². The first-order valence-corrected chi connectivity index (χ1v) is 9.23. The Bertz CT molecular complexity index is 1030. The van der Waals surface area contributed by atoms with Crippen LogP contribution in [0, 0.1) is 0 Å². The number of hydrogen-bond donors (Lipinski definition) is 1. The Morgan fingerprint density at radius 1 is 0.926 bits per heavy atom. The summed E-state index contributed by atoms with van der Waals surface area (Å²) in [6.07, 6.45) is 0.746. The van der Waals surface area contributed by atoms with Crippen LogP contribution in [0.4, 0.5) is 11.4 Å². The summed E-state index contributed by atoms with van der Waals surface area (Å²) in [6.45, 7) is 0.273. The van der Waals surface area contributed by atoms with Crippen LogP contribution in [0.5, 0.6) is 11.5 Å². The molecule has 5 rings (SSSR count). The quantitative estimate of drug-likeness (QED) is 0.619. The molecule has 3 aromatic rings. The fourth-order valence-electron chi connectivity index (χ4n) is 3.49. The molecule has 1 atom stereocenters. The highest BCUT2D eigenvalue weighted by Crippen LogP contribution is 2.40. The third kappa shape index (κ3) is 3.13. The Kier molecular flexibility index (Phi) is 3.98. The third-order valence-electron chi connectivity index (χ3n) is 4.85. The molecule has 0 amide bonds. The molecule has 0 spiro atoms. The second kappa shape index (κ2) is 6.63. The van der Waals surface area contributed by atoms with Gasteiger partial charge < -0.3 is 14.8 Å². The number of nitrogens with one attached hydrogen (secondary N) is 1. The lowest BCUT2D eigenvalue weighted by atomic mass is 9.97. The third-order valence-corrected chi connectivity index (χ3v) is 5.08. The van der Waals surface area contributed by atoms with Gasteiger partial charge in [0.25, 0.3) is 0 Å². The normalized spacial score (nSPS) is 17.5. The van der Waals surface area contributed by atoms with Gasteiger partial charge in [-0.1, -0.05) is 48.0 Å². The van der Waals surface area contributed by atoms with E-state index in [1.807, 2.05) is 48.5 Å². The molecule has 3 aromatic carbocycles. The molecule has 4 nitrogen and oxygen atoms in total. The van der Waals surface area contributed by atoms with Crippen LogP contribution < -0.4 is 14.8 Å². The van der Waals surface area contributed by atoms with Crippen LogP contribution in [0.25, 0.3) is 0 Å². The molecule has 1 N–H and O–H groups in total. The van der Waals surface area contributed by atoms with Crippen molar-refractivity contribution in [2.24, 2.45) is 4.99 Å². The van der Waals surface area contributed by atoms with Gasteiger partial charge in [-0.2, -0.15) is 0 Å². The van der Waals surface area contributed by atoms with Crippen LogP contribution in [0.3, 0.4) is 0 Å². The molecule has 1 unspecified atom stereocenters. The zero-order valence-electron chi connectivity index (χ0n) is 14.5. The standard InChI is InChI=1S/C22H17ClN2O2/c23-16-7-8-17-20(11-16)25-18(14-4-2-1-3-5-14)12-19(24-17)15-6-9-21-22(10-15)27-13-26-21/h1-11,19,24H,12-13H2. The minimum atomic E-state index is 0.0564. The van der Waals surface area contributed by atoms with Crippen LogP contribution in [-0.4, -0.2) is 12.5 Å². The van der Waals surface area contributed by atoms with Gasteiger partial charge >= 0.3 is 0 Å². The number of nitrogens with zero attached hydrogens (tertiary/aromatic N) is 1. The van der Waals surface area contributed by atoms with E-state index < -0.39 is 0 Å². The summed E-state index contributed by atoms with van der Waals surface area (Å²) in [7, 11) is 0. The summed E-state index contributed by atoms with van der Waals surface area (Å²) in [5.41, 5.74) is 5.08. The number of anilines is 1. The largest absolute Gasteiger partial charge is 0.454 e. The number of ether oxygens (including phenoxy) is 2. The molecule has 0 fully saturated rings. The fourth-order valence-corrected chi connectivity index (χ4v) is 3.65. The summed E-state index contributed by atoms with van der Waals surface area (Å²) in [4.78, 5) is 4.93. The highest BCUT2D eigenvalue weighted by atomic mass is 35.5. The first-order valence-electron chi connectivity index (χ1n) is 8.85. The Morgan fingerprint density at radius 3 is 2.67 bits per heavy atom. The number of fused-ring (bicyclic) bond motifs is 2. The molecule has 2 heterocycles. The molecule has 0 bridgehead atoms. The van der Waals surface area contributed by atoms with E-state index in [4.69, 9.17) is 26.1 Å². The van der Waals surface area contributed by atoms with E-state index in [2.05, 4.69) is 23.5 Å². The Balaban J connectivity index is 1.60. The van der Waals surface area contributed by atoms with Crippen molar-refractivity contribution in [1.29, 1.82) is 0 Å². The highest BCUT2D eigenvalue weighted by Gasteiger charge is 2.23. The second-order valence-corrected chi connectivity index (χ2v) is 7.04. The second-order valence-electron chi connectivity index (χ2n) is 6.60. The maximum absolute atomic E-state index is 6.21. The lowest BCUT2D eigenvalue weighted by Gasteiger charge is -2.19. The molecule has 0 aromatic heterocycles.